The van der Waals surface area contributed by atoms with E-state index in [1.54, 1.807) is 49.5 Å². The summed E-state index contributed by atoms with van der Waals surface area (Å²) in [6.07, 6.45) is -1.42. The molecule has 0 radical (unpaired) electrons. The Kier molecular flexibility index (Phi) is 6.72. The first-order valence-corrected chi connectivity index (χ1v) is 9.51. The summed E-state index contributed by atoms with van der Waals surface area (Å²) in [6.45, 7) is 0. The summed E-state index contributed by atoms with van der Waals surface area (Å²) in [5, 5.41) is 19.5. The molecule has 1 unspecified atom stereocenters. The number of phenols is 1. The van der Waals surface area contributed by atoms with E-state index in [0.717, 1.165) is 11.1 Å². The first kappa shape index (κ1) is 21.4. The average Bonchev–Trinajstić information content (AvgIpc) is 2.85. The van der Waals surface area contributed by atoms with Gasteiger partial charge in [-0.15, -0.1) is 0 Å². The predicted octanol–water partition coefficient (Wildman–Crippen LogP) is 3.87. The molecule has 0 aromatic heterocycles. The van der Waals surface area contributed by atoms with Crippen LogP contribution in [0.2, 0.25) is 5.02 Å². The van der Waals surface area contributed by atoms with Gasteiger partial charge in [0, 0.05) is 23.2 Å². The second-order valence-corrected chi connectivity index (χ2v) is 6.88. The molecule has 1 aliphatic heterocycles. The van der Waals surface area contributed by atoms with Gasteiger partial charge < -0.3 is 19.8 Å². The van der Waals surface area contributed by atoms with Crippen LogP contribution in [0, 0.1) is 0 Å². The number of aliphatic hydroxyl groups excluding tert-OH is 1. The number of aliphatic imine (C=N–C) groups is 1. The van der Waals surface area contributed by atoms with Gasteiger partial charge in [-0.25, -0.2) is 4.99 Å². The molecule has 0 bridgehead atoms. The van der Waals surface area contributed by atoms with Gasteiger partial charge in [-0.1, -0.05) is 54.1 Å². The molecule has 0 aliphatic carbocycles. The van der Waals surface area contributed by atoms with Crippen molar-refractivity contribution in [3.8, 4) is 11.5 Å². The molecule has 30 heavy (non-hydrogen) atoms. The monoisotopic (exact) mass is 424 g/mol. The number of amides is 1. The molecule has 2 N–H and O–H groups in total. The van der Waals surface area contributed by atoms with Crippen molar-refractivity contribution >= 4 is 28.9 Å². The zero-order valence-corrected chi connectivity index (χ0v) is 17.2. The molecule has 0 spiro atoms. The van der Waals surface area contributed by atoms with Crippen LogP contribution >= 0.6 is 11.6 Å². The maximum absolute atomic E-state index is 12.1. The van der Waals surface area contributed by atoms with Crippen molar-refractivity contribution < 1.29 is 19.7 Å². The summed E-state index contributed by atoms with van der Waals surface area (Å²) in [5.41, 5.74) is 2.77. The number of methoxy groups -OCH3 is 1. The number of benzodiazepines with no additional fused rings is 1. The third kappa shape index (κ3) is 4.62. The second-order valence-electron chi connectivity index (χ2n) is 6.45. The molecule has 3 aromatic rings. The topological polar surface area (TPSA) is 82.4 Å². The van der Waals surface area contributed by atoms with E-state index < -0.39 is 12.1 Å². The molecule has 7 heteroatoms. The van der Waals surface area contributed by atoms with Crippen LogP contribution in [-0.2, 0) is 4.79 Å². The van der Waals surface area contributed by atoms with Crippen LogP contribution in [0.4, 0.5) is 5.69 Å². The average molecular weight is 425 g/mol. The standard InChI is InChI=1S/C16H13ClN2O2.C7H8O2/c1-19-13-8-7-11(17)9-12(13)14(18-15(20)16(19)21)10-5-3-2-4-6-10;1-9-7-5-3-2-4-6(7)8/h2-9,15,20H,1H3;2-5,8H,1H3. The van der Waals surface area contributed by atoms with Gasteiger partial charge in [-0.3, -0.25) is 4.79 Å². The van der Waals surface area contributed by atoms with Crippen LogP contribution in [0.15, 0.2) is 77.8 Å². The lowest BCUT2D eigenvalue weighted by atomic mass is 10.0. The van der Waals surface area contributed by atoms with Crippen molar-refractivity contribution in [1.29, 1.82) is 0 Å². The van der Waals surface area contributed by atoms with Crippen molar-refractivity contribution in [3.05, 3.63) is 88.9 Å². The Bertz CT molecular complexity index is 1070. The Labute approximate surface area is 179 Å². The molecule has 1 amide bonds. The van der Waals surface area contributed by atoms with Gasteiger partial charge in [0.15, 0.2) is 11.5 Å². The number of likely N-dealkylation sites (N-methyl/N-ethyl adjacent to an activating group) is 1. The second kappa shape index (κ2) is 9.43. The van der Waals surface area contributed by atoms with Gasteiger partial charge in [0.05, 0.1) is 18.5 Å². The van der Waals surface area contributed by atoms with Gasteiger partial charge >= 0.3 is 0 Å². The first-order valence-electron chi connectivity index (χ1n) is 9.13. The number of benzene rings is 3. The lowest BCUT2D eigenvalue weighted by Crippen LogP contribution is -2.34. The Morgan fingerprint density at radius 1 is 1.03 bits per heavy atom. The first-order chi connectivity index (χ1) is 14.4. The van der Waals surface area contributed by atoms with E-state index in [4.69, 9.17) is 21.4 Å². The molecule has 0 saturated carbocycles. The highest BCUT2D eigenvalue weighted by Crippen LogP contribution is 2.29. The minimum absolute atomic E-state index is 0.181. The Balaban J connectivity index is 0.000000239. The molecule has 0 fully saturated rings. The number of carbonyl (C=O) groups is 1. The SMILES string of the molecule is CN1C(=O)C(O)N=C(c2ccccc2)c2cc(Cl)ccc21.COc1ccccc1O. The van der Waals surface area contributed by atoms with Crippen molar-refractivity contribution in [2.75, 3.05) is 19.1 Å². The Morgan fingerprint density at radius 2 is 1.70 bits per heavy atom. The third-order valence-corrected chi connectivity index (χ3v) is 4.75. The number of carbonyl (C=O) groups excluding carboxylic acids is 1. The number of ether oxygens (including phenoxy) is 1. The van der Waals surface area contributed by atoms with Crippen LogP contribution in [0.5, 0.6) is 11.5 Å². The van der Waals surface area contributed by atoms with Gasteiger partial charge in [0.25, 0.3) is 5.91 Å². The summed E-state index contributed by atoms with van der Waals surface area (Å²) < 4.78 is 4.79. The molecule has 1 heterocycles. The molecule has 0 saturated heterocycles. The van der Waals surface area contributed by atoms with Crippen LogP contribution in [0.3, 0.4) is 0 Å². The minimum Gasteiger partial charge on any atom is -0.504 e. The Morgan fingerprint density at radius 3 is 2.33 bits per heavy atom. The molecule has 1 atom stereocenters. The number of para-hydroxylation sites is 2. The van der Waals surface area contributed by atoms with Gasteiger partial charge in [-0.05, 0) is 30.3 Å². The van der Waals surface area contributed by atoms with Crippen LogP contribution in [0.25, 0.3) is 0 Å². The van der Waals surface area contributed by atoms with Crippen molar-refractivity contribution in [1.82, 2.24) is 0 Å². The van der Waals surface area contributed by atoms with Gasteiger partial charge in [0.1, 0.15) is 0 Å². The van der Waals surface area contributed by atoms with Crippen LogP contribution in [0.1, 0.15) is 11.1 Å². The zero-order chi connectivity index (χ0) is 21.7. The molecular weight excluding hydrogens is 404 g/mol. The number of fused-ring (bicyclic) bond motifs is 1. The summed E-state index contributed by atoms with van der Waals surface area (Å²) in [5.74, 6) is 0.224. The van der Waals surface area contributed by atoms with E-state index in [-0.39, 0.29) is 5.75 Å². The summed E-state index contributed by atoms with van der Waals surface area (Å²) >= 11 is 6.08. The van der Waals surface area contributed by atoms with Gasteiger partial charge in [-0.2, -0.15) is 0 Å². The van der Waals surface area contributed by atoms with E-state index in [1.807, 2.05) is 30.3 Å². The summed E-state index contributed by atoms with van der Waals surface area (Å²) in [7, 11) is 3.14. The summed E-state index contributed by atoms with van der Waals surface area (Å²) in [4.78, 5) is 17.7. The molecule has 154 valence electrons. The fourth-order valence-corrected chi connectivity index (χ4v) is 3.16. The maximum atomic E-state index is 12.1. The molecule has 3 aromatic carbocycles. The predicted molar refractivity (Wildman–Crippen MR) is 118 cm³/mol. The number of phenolic OH excluding ortho intramolecular Hbond substituents is 1. The Hall–Kier alpha value is -3.35. The number of hydrogen-bond donors (Lipinski definition) is 2. The normalized spacial score (nSPS) is 15.3. The van der Waals surface area contributed by atoms with E-state index >= 15 is 0 Å². The zero-order valence-electron chi connectivity index (χ0n) is 16.5. The third-order valence-electron chi connectivity index (χ3n) is 4.51. The number of aliphatic hydroxyl groups is 1. The summed E-state index contributed by atoms with van der Waals surface area (Å²) in [6, 6.07) is 21.5. The van der Waals surface area contributed by atoms with E-state index in [2.05, 4.69) is 4.99 Å². The van der Waals surface area contributed by atoms with E-state index in [0.29, 0.717) is 22.2 Å². The molecule has 1 aliphatic rings. The van der Waals surface area contributed by atoms with Crippen molar-refractivity contribution in [3.63, 3.8) is 0 Å². The lowest BCUT2D eigenvalue weighted by Gasteiger charge is -2.18. The highest BCUT2D eigenvalue weighted by atomic mass is 35.5. The van der Waals surface area contributed by atoms with Crippen LogP contribution < -0.4 is 9.64 Å². The van der Waals surface area contributed by atoms with Crippen molar-refractivity contribution in [2.24, 2.45) is 4.99 Å². The highest BCUT2D eigenvalue weighted by Gasteiger charge is 2.28. The van der Waals surface area contributed by atoms with Gasteiger partial charge in [0.2, 0.25) is 6.23 Å². The highest BCUT2D eigenvalue weighted by molar-refractivity contribution is 6.32. The number of rotatable bonds is 2. The smallest absolute Gasteiger partial charge is 0.278 e. The van der Waals surface area contributed by atoms with Crippen LogP contribution in [-0.4, -0.2) is 42.2 Å². The fourth-order valence-electron chi connectivity index (χ4n) is 2.99. The number of aromatic hydroxyl groups is 1. The molecule has 4 rings (SSSR count). The maximum Gasteiger partial charge on any atom is 0.278 e. The molecular formula is C23H21ClN2O4. The lowest BCUT2D eigenvalue weighted by molar-refractivity contribution is -0.125. The number of hydrogen-bond acceptors (Lipinski definition) is 5. The van der Waals surface area contributed by atoms with E-state index in [1.165, 1.54) is 12.0 Å². The minimum atomic E-state index is -1.42. The number of anilines is 1. The fraction of sp³-hybridized carbons (Fsp3) is 0.130. The van der Waals surface area contributed by atoms with E-state index in [9.17, 15) is 9.90 Å². The quantitative estimate of drug-likeness (QED) is 0.654. The number of nitrogens with zero attached hydrogens (tertiary/aromatic N) is 2. The number of halogens is 1. The molecule has 6 nitrogen and oxygen atoms in total. The largest absolute Gasteiger partial charge is 0.504 e. The van der Waals surface area contributed by atoms with Crippen molar-refractivity contribution in [2.45, 2.75) is 6.23 Å².